The second-order valence-electron chi connectivity index (χ2n) is 10.9. The van der Waals surface area contributed by atoms with Gasteiger partial charge in [0.15, 0.2) is 5.69 Å². The van der Waals surface area contributed by atoms with Crippen molar-refractivity contribution in [1.82, 2.24) is 20.3 Å². The summed E-state index contributed by atoms with van der Waals surface area (Å²) in [5, 5.41) is 7.12. The molecule has 3 fully saturated rings. The first-order valence-corrected chi connectivity index (χ1v) is 12.2. The summed E-state index contributed by atoms with van der Waals surface area (Å²) in [5.74, 6) is 2.21. The van der Waals surface area contributed by atoms with Gasteiger partial charge in [-0.05, 0) is 71.3 Å². The number of ether oxygens (including phenoxy) is 1. The van der Waals surface area contributed by atoms with Crippen LogP contribution in [0, 0.1) is 11.8 Å². The van der Waals surface area contributed by atoms with Gasteiger partial charge in [0.25, 0.3) is 5.91 Å². The molecule has 3 heterocycles. The monoisotopic (exact) mass is 446 g/mol. The molecule has 3 aliphatic rings. The molecule has 2 saturated heterocycles. The maximum Gasteiger partial charge on any atom is 0.410 e. The fourth-order valence-electron chi connectivity index (χ4n) is 4.73. The number of hydrogen-bond acceptors (Lipinski definition) is 6. The van der Waals surface area contributed by atoms with Crippen LogP contribution in [0.15, 0.2) is 10.6 Å². The van der Waals surface area contributed by atoms with E-state index in [0.29, 0.717) is 23.4 Å². The van der Waals surface area contributed by atoms with Crippen LogP contribution in [0.3, 0.4) is 0 Å². The average molecular weight is 447 g/mol. The second kappa shape index (κ2) is 9.41. The van der Waals surface area contributed by atoms with Gasteiger partial charge in [0.2, 0.25) is 0 Å². The van der Waals surface area contributed by atoms with Gasteiger partial charge in [-0.25, -0.2) is 4.79 Å². The Morgan fingerprint density at radius 3 is 2.56 bits per heavy atom. The number of likely N-dealkylation sites (tertiary alicyclic amines) is 2. The molecule has 1 saturated carbocycles. The van der Waals surface area contributed by atoms with Gasteiger partial charge in [0, 0.05) is 44.2 Å². The van der Waals surface area contributed by atoms with Gasteiger partial charge < -0.3 is 24.4 Å². The fourth-order valence-corrected chi connectivity index (χ4v) is 4.73. The summed E-state index contributed by atoms with van der Waals surface area (Å²) in [6.45, 7) is 12.4. The summed E-state index contributed by atoms with van der Waals surface area (Å²) in [7, 11) is 0. The van der Waals surface area contributed by atoms with Crippen molar-refractivity contribution in [3.05, 3.63) is 17.5 Å². The molecule has 0 unspecified atom stereocenters. The van der Waals surface area contributed by atoms with E-state index >= 15 is 0 Å². The van der Waals surface area contributed by atoms with E-state index in [1.54, 1.807) is 6.07 Å². The van der Waals surface area contributed by atoms with Crippen molar-refractivity contribution >= 4 is 12.0 Å². The number of amides is 2. The largest absolute Gasteiger partial charge is 0.444 e. The Bertz CT molecular complexity index is 805. The van der Waals surface area contributed by atoms with E-state index in [0.717, 1.165) is 70.6 Å². The molecule has 1 aromatic heterocycles. The standard InChI is InChI=1S/C24H38N4O4/c1-16-14-27(10-7-17-8-11-28(12-9-17)23(30)31-24(2,3)4)15-20(16)25-22(29)19-13-21(32-26-19)18-5-6-18/h13,16-18,20H,5-12,14-15H2,1-4H3,(H,25,29)/t16-,20-/m1/s1. The minimum atomic E-state index is -0.445. The summed E-state index contributed by atoms with van der Waals surface area (Å²) >= 11 is 0. The van der Waals surface area contributed by atoms with Gasteiger partial charge in [-0.3, -0.25) is 4.79 Å². The Kier molecular flexibility index (Phi) is 6.79. The van der Waals surface area contributed by atoms with E-state index in [1.807, 2.05) is 25.7 Å². The van der Waals surface area contributed by atoms with Gasteiger partial charge in [-0.2, -0.15) is 0 Å². The Labute approximate surface area is 191 Å². The molecular formula is C24H38N4O4. The Hall–Kier alpha value is -2.09. The van der Waals surface area contributed by atoms with Crippen LogP contribution in [0.4, 0.5) is 4.79 Å². The summed E-state index contributed by atoms with van der Waals surface area (Å²) in [6, 6.07) is 1.94. The summed E-state index contributed by atoms with van der Waals surface area (Å²) in [6.07, 6.45) is 5.25. The predicted octanol–water partition coefficient (Wildman–Crippen LogP) is 3.64. The van der Waals surface area contributed by atoms with Crippen LogP contribution in [-0.2, 0) is 4.74 Å². The minimum Gasteiger partial charge on any atom is -0.444 e. The lowest BCUT2D eigenvalue weighted by molar-refractivity contribution is 0.0178. The predicted molar refractivity (Wildman–Crippen MR) is 120 cm³/mol. The number of carbonyl (C=O) groups is 2. The lowest BCUT2D eigenvalue weighted by Gasteiger charge is -2.34. The van der Waals surface area contributed by atoms with Crippen LogP contribution < -0.4 is 5.32 Å². The molecule has 178 valence electrons. The number of hydrogen-bond donors (Lipinski definition) is 1. The average Bonchev–Trinajstić information content (AvgIpc) is 3.35. The van der Waals surface area contributed by atoms with Crippen LogP contribution in [-0.4, -0.2) is 71.3 Å². The molecule has 1 N–H and O–H groups in total. The molecule has 0 aromatic carbocycles. The zero-order valence-corrected chi connectivity index (χ0v) is 19.9. The number of rotatable bonds is 6. The molecule has 2 amide bonds. The van der Waals surface area contributed by atoms with Crippen molar-refractivity contribution in [3.63, 3.8) is 0 Å². The molecule has 1 aliphatic carbocycles. The topological polar surface area (TPSA) is 87.9 Å². The molecule has 0 radical (unpaired) electrons. The zero-order chi connectivity index (χ0) is 22.9. The SMILES string of the molecule is C[C@@H]1CN(CCC2CCN(C(=O)OC(C)(C)C)CC2)C[C@H]1NC(=O)c1cc(C2CC2)on1. The van der Waals surface area contributed by atoms with Crippen LogP contribution in [0.2, 0.25) is 0 Å². The van der Waals surface area contributed by atoms with E-state index < -0.39 is 5.60 Å². The Morgan fingerprint density at radius 2 is 1.91 bits per heavy atom. The number of carbonyl (C=O) groups excluding carboxylic acids is 2. The third-order valence-corrected chi connectivity index (χ3v) is 6.86. The smallest absolute Gasteiger partial charge is 0.410 e. The van der Waals surface area contributed by atoms with E-state index in [-0.39, 0.29) is 18.0 Å². The van der Waals surface area contributed by atoms with E-state index in [1.165, 1.54) is 0 Å². The first kappa shape index (κ1) is 23.1. The van der Waals surface area contributed by atoms with Gasteiger partial charge in [0.1, 0.15) is 11.4 Å². The van der Waals surface area contributed by atoms with Crippen LogP contribution >= 0.6 is 0 Å². The van der Waals surface area contributed by atoms with E-state index in [9.17, 15) is 9.59 Å². The van der Waals surface area contributed by atoms with Crippen molar-refractivity contribution in [3.8, 4) is 0 Å². The maximum absolute atomic E-state index is 12.6. The highest BCUT2D eigenvalue weighted by Gasteiger charge is 2.33. The fraction of sp³-hybridized carbons (Fsp3) is 0.792. The van der Waals surface area contributed by atoms with Gasteiger partial charge in [-0.15, -0.1) is 0 Å². The highest BCUT2D eigenvalue weighted by Crippen LogP contribution is 2.40. The van der Waals surface area contributed by atoms with E-state index in [2.05, 4.69) is 22.3 Å². The zero-order valence-electron chi connectivity index (χ0n) is 19.9. The molecule has 8 nitrogen and oxygen atoms in total. The molecule has 2 aliphatic heterocycles. The van der Waals surface area contributed by atoms with Crippen molar-refractivity contribution in [2.45, 2.75) is 77.4 Å². The lowest BCUT2D eigenvalue weighted by atomic mass is 9.93. The molecule has 4 rings (SSSR count). The molecule has 2 atom stereocenters. The molecule has 1 aromatic rings. The highest BCUT2D eigenvalue weighted by molar-refractivity contribution is 5.92. The van der Waals surface area contributed by atoms with Gasteiger partial charge in [-0.1, -0.05) is 12.1 Å². The van der Waals surface area contributed by atoms with Crippen molar-refractivity contribution < 1.29 is 18.8 Å². The quantitative estimate of drug-likeness (QED) is 0.718. The normalized spacial score (nSPS) is 25.2. The van der Waals surface area contributed by atoms with E-state index in [4.69, 9.17) is 9.26 Å². The number of aromatic nitrogens is 1. The van der Waals surface area contributed by atoms with Crippen LogP contribution in [0.1, 0.15) is 82.0 Å². The van der Waals surface area contributed by atoms with Gasteiger partial charge in [0.05, 0.1) is 0 Å². The third kappa shape index (κ3) is 6.03. The summed E-state index contributed by atoms with van der Waals surface area (Å²) in [5.41, 5.74) is -0.0474. The molecule has 0 bridgehead atoms. The summed E-state index contributed by atoms with van der Waals surface area (Å²) in [4.78, 5) is 29.1. The maximum atomic E-state index is 12.6. The van der Waals surface area contributed by atoms with Crippen molar-refractivity contribution in [1.29, 1.82) is 0 Å². The number of nitrogens with one attached hydrogen (secondary N) is 1. The van der Waals surface area contributed by atoms with Crippen molar-refractivity contribution in [2.75, 3.05) is 32.7 Å². The second-order valence-corrected chi connectivity index (χ2v) is 10.9. The van der Waals surface area contributed by atoms with Gasteiger partial charge >= 0.3 is 6.09 Å². The summed E-state index contributed by atoms with van der Waals surface area (Å²) < 4.78 is 10.8. The molecule has 32 heavy (non-hydrogen) atoms. The first-order valence-electron chi connectivity index (χ1n) is 12.2. The first-order chi connectivity index (χ1) is 15.2. The number of nitrogens with zero attached hydrogens (tertiary/aromatic N) is 3. The number of piperidine rings is 1. The molecular weight excluding hydrogens is 408 g/mol. The third-order valence-electron chi connectivity index (χ3n) is 6.86. The lowest BCUT2D eigenvalue weighted by Crippen LogP contribution is -2.42. The van der Waals surface area contributed by atoms with Crippen LogP contribution in [0.25, 0.3) is 0 Å². The molecule has 0 spiro atoms. The molecule has 8 heteroatoms. The Balaban J connectivity index is 1.17. The minimum absolute atomic E-state index is 0.131. The van der Waals surface area contributed by atoms with Crippen molar-refractivity contribution in [2.24, 2.45) is 11.8 Å². The van der Waals surface area contributed by atoms with Crippen LogP contribution in [0.5, 0.6) is 0 Å². The Morgan fingerprint density at radius 1 is 1.19 bits per heavy atom. The highest BCUT2D eigenvalue weighted by atomic mass is 16.6.